The fourth-order valence-corrected chi connectivity index (χ4v) is 2.19. The second-order valence-corrected chi connectivity index (χ2v) is 4.80. The molecule has 3 aromatic rings. The fourth-order valence-electron chi connectivity index (χ4n) is 1.95. The minimum atomic E-state index is 0.173. The molecule has 0 amide bonds. The molecule has 0 aliphatic carbocycles. The van der Waals surface area contributed by atoms with Crippen molar-refractivity contribution in [3.63, 3.8) is 0 Å². The second kappa shape index (κ2) is 5.80. The molecule has 1 aromatic heterocycles. The lowest BCUT2D eigenvalue weighted by Crippen LogP contribution is -2.02. The van der Waals surface area contributed by atoms with Gasteiger partial charge in [0.05, 0.1) is 5.69 Å². The Morgan fingerprint density at radius 3 is 2.81 bits per heavy atom. The summed E-state index contributed by atoms with van der Waals surface area (Å²) >= 11 is 6.08. The SMILES string of the molecule is Oc1cccc(Cl)c1CNc1cccc(-n2cnnn2)c1. The molecule has 0 saturated carbocycles. The van der Waals surface area contributed by atoms with Gasteiger partial charge in [-0.05, 0) is 40.8 Å². The highest BCUT2D eigenvalue weighted by atomic mass is 35.5. The van der Waals surface area contributed by atoms with Gasteiger partial charge in [0.1, 0.15) is 12.1 Å². The monoisotopic (exact) mass is 301 g/mol. The summed E-state index contributed by atoms with van der Waals surface area (Å²) in [4.78, 5) is 0. The van der Waals surface area contributed by atoms with Crippen LogP contribution in [0.3, 0.4) is 0 Å². The van der Waals surface area contributed by atoms with E-state index in [0.717, 1.165) is 11.4 Å². The Labute approximate surface area is 126 Å². The number of nitrogens with zero attached hydrogens (tertiary/aromatic N) is 4. The Morgan fingerprint density at radius 2 is 2.05 bits per heavy atom. The maximum atomic E-state index is 9.82. The minimum absolute atomic E-state index is 0.173. The third kappa shape index (κ3) is 2.95. The molecule has 106 valence electrons. The number of phenolic OH excluding ortho intramolecular Hbond substituents is 1. The summed E-state index contributed by atoms with van der Waals surface area (Å²) in [5.41, 5.74) is 2.38. The van der Waals surface area contributed by atoms with Crippen LogP contribution in [-0.2, 0) is 6.54 Å². The van der Waals surface area contributed by atoms with Crippen molar-refractivity contribution in [3.8, 4) is 11.4 Å². The van der Waals surface area contributed by atoms with Crippen LogP contribution >= 0.6 is 11.6 Å². The first-order valence-corrected chi connectivity index (χ1v) is 6.65. The smallest absolute Gasteiger partial charge is 0.143 e. The van der Waals surface area contributed by atoms with Crippen LogP contribution in [0.1, 0.15) is 5.56 Å². The van der Waals surface area contributed by atoms with Crippen LogP contribution in [0.4, 0.5) is 5.69 Å². The number of nitrogens with one attached hydrogen (secondary N) is 1. The maximum absolute atomic E-state index is 9.82. The van der Waals surface area contributed by atoms with Crippen LogP contribution in [0.15, 0.2) is 48.8 Å². The molecule has 2 N–H and O–H groups in total. The summed E-state index contributed by atoms with van der Waals surface area (Å²) in [6.45, 7) is 0.421. The van der Waals surface area contributed by atoms with E-state index < -0.39 is 0 Å². The van der Waals surface area contributed by atoms with Gasteiger partial charge < -0.3 is 10.4 Å². The first-order valence-electron chi connectivity index (χ1n) is 6.28. The molecule has 0 fully saturated rings. The van der Waals surface area contributed by atoms with E-state index in [1.54, 1.807) is 22.9 Å². The zero-order valence-electron chi connectivity index (χ0n) is 10.9. The molecule has 7 heteroatoms. The van der Waals surface area contributed by atoms with Gasteiger partial charge in [0.25, 0.3) is 0 Å². The summed E-state index contributed by atoms with van der Waals surface area (Å²) in [5, 5.41) is 24.6. The van der Waals surface area contributed by atoms with Gasteiger partial charge in [-0.2, -0.15) is 0 Å². The van der Waals surface area contributed by atoms with E-state index in [0.29, 0.717) is 17.1 Å². The lowest BCUT2D eigenvalue weighted by Gasteiger charge is -2.10. The molecule has 0 aliphatic heterocycles. The first kappa shape index (κ1) is 13.4. The lowest BCUT2D eigenvalue weighted by molar-refractivity contribution is 0.469. The van der Waals surface area contributed by atoms with Gasteiger partial charge in [0.15, 0.2) is 0 Å². The minimum Gasteiger partial charge on any atom is -0.508 e. The molecular weight excluding hydrogens is 290 g/mol. The van der Waals surface area contributed by atoms with Crippen molar-refractivity contribution in [1.29, 1.82) is 0 Å². The highest BCUT2D eigenvalue weighted by Crippen LogP contribution is 2.26. The van der Waals surface area contributed by atoms with Crippen molar-refractivity contribution < 1.29 is 5.11 Å². The highest BCUT2D eigenvalue weighted by molar-refractivity contribution is 6.31. The number of benzene rings is 2. The number of hydrogen-bond acceptors (Lipinski definition) is 5. The number of aromatic hydroxyl groups is 1. The first-order chi connectivity index (χ1) is 10.2. The van der Waals surface area contributed by atoms with Crippen LogP contribution in [0, 0.1) is 0 Å². The van der Waals surface area contributed by atoms with E-state index in [1.165, 1.54) is 6.33 Å². The summed E-state index contributed by atoms with van der Waals surface area (Å²) in [5.74, 6) is 0.173. The summed E-state index contributed by atoms with van der Waals surface area (Å²) < 4.78 is 1.57. The zero-order chi connectivity index (χ0) is 14.7. The number of hydrogen-bond donors (Lipinski definition) is 2. The van der Waals surface area contributed by atoms with E-state index in [2.05, 4.69) is 20.8 Å². The van der Waals surface area contributed by atoms with E-state index >= 15 is 0 Å². The Morgan fingerprint density at radius 1 is 1.19 bits per heavy atom. The molecule has 0 unspecified atom stereocenters. The quantitative estimate of drug-likeness (QED) is 0.775. The van der Waals surface area contributed by atoms with E-state index in [-0.39, 0.29) is 5.75 Å². The average molecular weight is 302 g/mol. The van der Waals surface area contributed by atoms with Crippen LogP contribution in [0.5, 0.6) is 5.75 Å². The Balaban J connectivity index is 1.78. The molecule has 0 spiro atoms. The van der Waals surface area contributed by atoms with Gasteiger partial charge in [-0.25, -0.2) is 4.68 Å². The largest absolute Gasteiger partial charge is 0.508 e. The number of halogens is 1. The lowest BCUT2D eigenvalue weighted by atomic mass is 10.2. The molecular formula is C14H12ClN5O. The predicted octanol–water partition coefficient (Wildman–Crippen LogP) is 2.63. The molecule has 0 saturated heterocycles. The summed E-state index contributed by atoms with van der Waals surface area (Å²) in [6.07, 6.45) is 1.53. The van der Waals surface area contributed by atoms with Crippen molar-refractivity contribution >= 4 is 17.3 Å². The third-order valence-corrected chi connectivity index (χ3v) is 3.38. The van der Waals surface area contributed by atoms with Crippen molar-refractivity contribution in [2.24, 2.45) is 0 Å². The van der Waals surface area contributed by atoms with E-state index in [4.69, 9.17) is 11.6 Å². The van der Waals surface area contributed by atoms with Crippen molar-refractivity contribution in [2.75, 3.05) is 5.32 Å². The van der Waals surface area contributed by atoms with Gasteiger partial charge >= 0.3 is 0 Å². The standard InChI is InChI=1S/C14H12ClN5O/c15-13-5-2-6-14(21)12(13)8-16-10-3-1-4-11(7-10)20-9-17-18-19-20/h1-7,9,16,21H,8H2. The van der Waals surface area contributed by atoms with Crippen LogP contribution < -0.4 is 5.32 Å². The summed E-state index contributed by atoms with van der Waals surface area (Å²) in [7, 11) is 0. The van der Waals surface area contributed by atoms with Gasteiger partial charge in [0.2, 0.25) is 0 Å². The van der Waals surface area contributed by atoms with Crippen LogP contribution in [0.2, 0.25) is 5.02 Å². The maximum Gasteiger partial charge on any atom is 0.143 e. The fraction of sp³-hybridized carbons (Fsp3) is 0.0714. The molecule has 0 aliphatic rings. The van der Waals surface area contributed by atoms with Crippen molar-refractivity contribution in [2.45, 2.75) is 6.54 Å². The Kier molecular flexibility index (Phi) is 3.70. The van der Waals surface area contributed by atoms with Crippen LogP contribution in [0.25, 0.3) is 5.69 Å². The molecule has 6 nitrogen and oxygen atoms in total. The van der Waals surface area contributed by atoms with E-state index in [1.807, 2.05) is 24.3 Å². The molecule has 21 heavy (non-hydrogen) atoms. The predicted molar refractivity (Wildman–Crippen MR) is 79.6 cm³/mol. The average Bonchev–Trinajstić information content (AvgIpc) is 3.01. The topological polar surface area (TPSA) is 75.9 Å². The number of phenols is 1. The molecule has 0 radical (unpaired) electrons. The Hall–Kier alpha value is -2.60. The van der Waals surface area contributed by atoms with Gasteiger partial charge in [0, 0.05) is 22.8 Å². The van der Waals surface area contributed by atoms with Crippen molar-refractivity contribution in [3.05, 3.63) is 59.4 Å². The van der Waals surface area contributed by atoms with Crippen LogP contribution in [-0.4, -0.2) is 25.3 Å². The molecule has 0 bridgehead atoms. The van der Waals surface area contributed by atoms with Gasteiger partial charge in [-0.1, -0.05) is 23.7 Å². The molecule has 2 aromatic carbocycles. The van der Waals surface area contributed by atoms with Gasteiger partial charge in [-0.3, -0.25) is 0 Å². The molecule has 1 heterocycles. The third-order valence-electron chi connectivity index (χ3n) is 3.02. The normalized spacial score (nSPS) is 10.5. The van der Waals surface area contributed by atoms with E-state index in [9.17, 15) is 5.11 Å². The van der Waals surface area contributed by atoms with Gasteiger partial charge in [-0.15, -0.1) is 5.10 Å². The zero-order valence-corrected chi connectivity index (χ0v) is 11.7. The number of aromatic nitrogens is 4. The van der Waals surface area contributed by atoms with Crippen molar-refractivity contribution in [1.82, 2.24) is 20.2 Å². The molecule has 3 rings (SSSR count). The highest BCUT2D eigenvalue weighted by Gasteiger charge is 2.06. The Bertz CT molecular complexity index is 725. The second-order valence-electron chi connectivity index (χ2n) is 4.40. The number of rotatable bonds is 4. The molecule has 0 atom stereocenters. The number of anilines is 1. The number of tetrazole rings is 1. The summed E-state index contributed by atoms with van der Waals surface area (Å²) in [6, 6.07) is 12.7.